The fourth-order valence-corrected chi connectivity index (χ4v) is 3.47. The second kappa shape index (κ2) is 4.46. The SMILES string of the molecule is C[C@@H]1O[C@](c2ccccc2)(C(C)(C)C)c2ccccc21. The van der Waals surface area contributed by atoms with Gasteiger partial charge in [0.2, 0.25) is 0 Å². The van der Waals surface area contributed by atoms with E-state index in [9.17, 15) is 0 Å². The first-order chi connectivity index (χ1) is 9.47. The molecule has 0 saturated heterocycles. The van der Waals surface area contributed by atoms with Crippen LogP contribution >= 0.6 is 0 Å². The minimum absolute atomic E-state index is 0.0186. The van der Waals surface area contributed by atoms with Gasteiger partial charge in [-0.05, 0) is 29.0 Å². The van der Waals surface area contributed by atoms with Gasteiger partial charge in [-0.1, -0.05) is 75.4 Å². The fourth-order valence-electron chi connectivity index (χ4n) is 3.47. The van der Waals surface area contributed by atoms with Crippen LogP contribution in [0.4, 0.5) is 0 Å². The van der Waals surface area contributed by atoms with E-state index in [-0.39, 0.29) is 17.1 Å². The van der Waals surface area contributed by atoms with Crippen molar-refractivity contribution in [3.63, 3.8) is 0 Å². The summed E-state index contributed by atoms with van der Waals surface area (Å²) in [5.74, 6) is 0. The summed E-state index contributed by atoms with van der Waals surface area (Å²) < 4.78 is 6.57. The van der Waals surface area contributed by atoms with Crippen LogP contribution in [0.25, 0.3) is 0 Å². The zero-order valence-electron chi connectivity index (χ0n) is 12.7. The third kappa shape index (κ3) is 1.73. The Kier molecular flexibility index (Phi) is 2.98. The van der Waals surface area contributed by atoms with Gasteiger partial charge in [0, 0.05) is 0 Å². The van der Waals surface area contributed by atoms with Crippen LogP contribution in [0.1, 0.15) is 50.5 Å². The first-order valence-corrected chi connectivity index (χ1v) is 7.29. The molecule has 0 saturated carbocycles. The van der Waals surface area contributed by atoms with Crippen LogP contribution in [0.3, 0.4) is 0 Å². The largest absolute Gasteiger partial charge is 0.357 e. The van der Waals surface area contributed by atoms with E-state index in [4.69, 9.17) is 4.74 Å². The van der Waals surface area contributed by atoms with Crippen molar-refractivity contribution in [1.82, 2.24) is 0 Å². The molecule has 0 unspecified atom stereocenters. The second-order valence-corrected chi connectivity index (χ2v) is 6.64. The van der Waals surface area contributed by atoms with Gasteiger partial charge in [0.15, 0.2) is 0 Å². The van der Waals surface area contributed by atoms with Crippen LogP contribution in [-0.2, 0) is 10.3 Å². The maximum Gasteiger partial charge on any atom is 0.124 e. The molecule has 0 fully saturated rings. The van der Waals surface area contributed by atoms with Gasteiger partial charge in [0.1, 0.15) is 5.60 Å². The van der Waals surface area contributed by atoms with E-state index in [0.717, 1.165) is 0 Å². The number of rotatable bonds is 1. The Hall–Kier alpha value is -1.60. The summed E-state index contributed by atoms with van der Waals surface area (Å²) in [6, 6.07) is 19.2. The summed E-state index contributed by atoms with van der Waals surface area (Å²) in [5.41, 5.74) is 3.47. The molecule has 0 bridgehead atoms. The molecular weight excluding hydrogens is 244 g/mol. The average molecular weight is 266 g/mol. The van der Waals surface area contributed by atoms with Crippen LogP contribution in [0, 0.1) is 5.41 Å². The van der Waals surface area contributed by atoms with Crippen molar-refractivity contribution < 1.29 is 4.74 Å². The zero-order valence-corrected chi connectivity index (χ0v) is 12.7. The molecule has 0 N–H and O–H groups in total. The third-order valence-electron chi connectivity index (χ3n) is 4.37. The molecule has 0 aliphatic carbocycles. The van der Waals surface area contributed by atoms with Gasteiger partial charge in [-0.15, -0.1) is 0 Å². The Labute approximate surface area is 121 Å². The highest BCUT2D eigenvalue weighted by molar-refractivity contribution is 5.47. The van der Waals surface area contributed by atoms with Gasteiger partial charge < -0.3 is 4.74 Å². The second-order valence-electron chi connectivity index (χ2n) is 6.64. The van der Waals surface area contributed by atoms with Crippen molar-refractivity contribution in [2.24, 2.45) is 5.41 Å². The Morgan fingerprint density at radius 2 is 1.50 bits per heavy atom. The Bertz CT molecular complexity index is 609. The number of hydrogen-bond donors (Lipinski definition) is 0. The predicted octanol–water partition coefficient (Wildman–Crippen LogP) is 5.07. The number of ether oxygens (including phenoxy) is 1. The van der Waals surface area contributed by atoms with Crippen LogP contribution in [0.15, 0.2) is 54.6 Å². The normalized spacial score (nSPS) is 25.5. The number of hydrogen-bond acceptors (Lipinski definition) is 1. The highest BCUT2D eigenvalue weighted by atomic mass is 16.5. The molecule has 0 spiro atoms. The van der Waals surface area contributed by atoms with Crippen molar-refractivity contribution in [3.05, 3.63) is 71.3 Å². The minimum Gasteiger partial charge on any atom is -0.357 e. The summed E-state index contributed by atoms with van der Waals surface area (Å²) in [4.78, 5) is 0. The van der Waals surface area contributed by atoms with Crippen molar-refractivity contribution >= 4 is 0 Å². The zero-order chi connectivity index (χ0) is 14.4. The van der Waals surface area contributed by atoms with Crippen LogP contribution in [0.5, 0.6) is 0 Å². The summed E-state index contributed by atoms with van der Waals surface area (Å²) in [6.45, 7) is 8.92. The summed E-state index contributed by atoms with van der Waals surface area (Å²) in [7, 11) is 0. The molecule has 0 radical (unpaired) electrons. The van der Waals surface area contributed by atoms with Gasteiger partial charge in [0.25, 0.3) is 0 Å². The van der Waals surface area contributed by atoms with Gasteiger partial charge in [-0.2, -0.15) is 0 Å². The lowest BCUT2D eigenvalue weighted by Crippen LogP contribution is -2.41. The molecule has 1 heterocycles. The topological polar surface area (TPSA) is 9.23 Å². The van der Waals surface area contributed by atoms with Gasteiger partial charge in [-0.25, -0.2) is 0 Å². The van der Waals surface area contributed by atoms with E-state index in [1.54, 1.807) is 0 Å². The molecular formula is C19H22O. The van der Waals surface area contributed by atoms with E-state index in [2.05, 4.69) is 82.3 Å². The van der Waals surface area contributed by atoms with Crippen LogP contribution in [-0.4, -0.2) is 0 Å². The predicted molar refractivity (Wildman–Crippen MR) is 82.6 cm³/mol. The smallest absolute Gasteiger partial charge is 0.124 e. The van der Waals surface area contributed by atoms with E-state index in [1.807, 2.05) is 0 Å². The number of fused-ring (bicyclic) bond motifs is 1. The van der Waals surface area contributed by atoms with Crippen LogP contribution < -0.4 is 0 Å². The van der Waals surface area contributed by atoms with Crippen molar-refractivity contribution in [2.45, 2.75) is 39.4 Å². The molecule has 1 nitrogen and oxygen atoms in total. The maximum absolute atomic E-state index is 6.57. The monoisotopic (exact) mass is 266 g/mol. The number of benzene rings is 2. The lowest BCUT2D eigenvalue weighted by molar-refractivity contribution is -0.107. The average Bonchev–Trinajstić information content (AvgIpc) is 2.75. The third-order valence-corrected chi connectivity index (χ3v) is 4.37. The summed E-state index contributed by atoms with van der Waals surface area (Å²) in [5, 5.41) is 0. The molecule has 2 atom stereocenters. The van der Waals surface area contributed by atoms with Crippen LogP contribution in [0.2, 0.25) is 0 Å². The van der Waals surface area contributed by atoms with Crippen molar-refractivity contribution in [2.75, 3.05) is 0 Å². The molecule has 1 aliphatic heterocycles. The standard InChI is InChI=1S/C19H22O/c1-14-16-12-8-9-13-17(16)19(20-14,18(2,3)4)15-10-6-5-7-11-15/h5-14H,1-4H3/t14-,19-/m0/s1. The van der Waals surface area contributed by atoms with Gasteiger partial charge in [-0.3, -0.25) is 0 Å². The van der Waals surface area contributed by atoms with E-state index >= 15 is 0 Å². The Balaban J connectivity index is 2.31. The summed E-state index contributed by atoms with van der Waals surface area (Å²) >= 11 is 0. The molecule has 104 valence electrons. The highest BCUT2D eigenvalue weighted by Gasteiger charge is 2.52. The van der Waals surface area contributed by atoms with Crippen molar-refractivity contribution in [3.8, 4) is 0 Å². The van der Waals surface area contributed by atoms with E-state index in [0.29, 0.717) is 0 Å². The van der Waals surface area contributed by atoms with Gasteiger partial charge >= 0.3 is 0 Å². The molecule has 2 aromatic carbocycles. The molecule has 3 rings (SSSR count). The molecule has 2 aromatic rings. The summed E-state index contributed by atoms with van der Waals surface area (Å²) in [6.07, 6.45) is 0.130. The molecule has 1 heteroatoms. The Morgan fingerprint density at radius 1 is 0.900 bits per heavy atom. The molecule has 20 heavy (non-hydrogen) atoms. The first kappa shape index (κ1) is 13.4. The lowest BCUT2D eigenvalue weighted by atomic mass is 9.68. The molecule has 0 aromatic heterocycles. The lowest BCUT2D eigenvalue weighted by Gasteiger charge is -2.42. The van der Waals surface area contributed by atoms with E-state index < -0.39 is 0 Å². The first-order valence-electron chi connectivity index (χ1n) is 7.29. The fraction of sp³-hybridized carbons (Fsp3) is 0.368. The minimum atomic E-state index is -0.371. The quantitative estimate of drug-likeness (QED) is 0.700. The van der Waals surface area contributed by atoms with Crippen molar-refractivity contribution in [1.29, 1.82) is 0 Å². The molecule has 0 amide bonds. The van der Waals surface area contributed by atoms with E-state index in [1.165, 1.54) is 16.7 Å². The van der Waals surface area contributed by atoms with Gasteiger partial charge in [0.05, 0.1) is 6.10 Å². The molecule has 1 aliphatic rings. The Morgan fingerprint density at radius 3 is 2.15 bits per heavy atom. The highest BCUT2D eigenvalue weighted by Crippen LogP contribution is 2.56. The maximum atomic E-state index is 6.57.